The largest absolute Gasteiger partial charge is 0.385 e. The van der Waals surface area contributed by atoms with Gasteiger partial charge in [-0.1, -0.05) is 41.4 Å². The molecule has 0 saturated heterocycles. The standard InChI is InChI=1S/C13H17BrO/c1-10-4-3-7-13(15,9-10)11-5-2-6-12(14)8-11/h2,5-6,8,10,15H,3-4,7,9H2,1H3. The first-order valence-corrected chi connectivity index (χ1v) is 6.38. The summed E-state index contributed by atoms with van der Waals surface area (Å²) in [6, 6.07) is 8.07. The van der Waals surface area contributed by atoms with Crippen LogP contribution in [0.2, 0.25) is 0 Å². The number of aliphatic hydroxyl groups is 1. The monoisotopic (exact) mass is 268 g/mol. The Morgan fingerprint density at radius 3 is 2.93 bits per heavy atom. The van der Waals surface area contributed by atoms with E-state index in [2.05, 4.69) is 22.9 Å². The van der Waals surface area contributed by atoms with Crippen LogP contribution in [0.15, 0.2) is 28.7 Å². The zero-order valence-electron chi connectivity index (χ0n) is 9.04. The number of hydrogen-bond acceptors (Lipinski definition) is 1. The van der Waals surface area contributed by atoms with Crippen molar-refractivity contribution >= 4 is 15.9 Å². The lowest BCUT2D eigenvalue weighted by Gasteiger charge is -2.36. The van der Waals surface area contributed by atoms with Gasteiger partial charge in [0.1, 0.15) is 0 Å². The van der Waals surface area contributed by atoms with Crippen molar-refractivity contribution in [2.24, 2.45) is 5.92 Å². The Hall–Kier alpha value is -0.340. The molecule has 1 aliphatic rings. The van der Waals surface area contributed by atoms with Crippen LogP contribution in [-0.4, -0.2) is 5.11 Å². The molecular formula is C13H17BrO. The minimum Gasteiger partial charge on any atom is -0.385 e. The fourth-order valence-electron chi connectivity index (χ4n) is 2.56. The first-order chi connectivity index (χ1) is 7.10. The molecule has 1 aliphatic carbocycles. The van der Waals surface area contributed by atoms with Crippen LogP contribution < -0.4 is 0 Å². The van der Waals surface area contributed by atoms with Crippen molar-refractivity contribution in [1.29, 1.82) is 0 Å². The van der Waals surface area contributed by atoms with Crippen molar-refractivity contribution in [3.8, 4) is 0 Å². The van der Waals surface area contributed by atoms with E-state index in [-0.39, 0.29) is 0 Å². The molecule has 0 radical (unpaired) electrons. The van der Waals surface area contributed by atoms with Crippen molar-refractivity contribution in [3.63, 3.8) is 0 Å². The molecule has 1 nitrogen and oxygen atoms in total. The molecule has 0 spiro atoms. The predicted octanol–water partition coefficient (Wildman–Crippen LogP) is 3.85. The molecule has 2 heteroatoms. The quantitative estimate of drug-likeness (QED) is 0.821. The number of rotatable bonds is 1. The third-order valence-corrected chi connectivity index (χ3v) is 3.83. The molecule has 1 aromatic carbocycles. The molecular weight excluding hydrogens is 252 g/mol. The lowest BCUT2D eigenvalue weighted by molar-refractivity contribution is -0.0179. The van der Waals surface area contributed by atoms with Gasteiger partial charge in [0.25, 0.3) is 0 Å². The first-order valence-electron chi connectivity index (χ1n) is 5.58. The molecule has 1 N–H and O–H groups in total. The topological polar surface area (TPSA) is 20.2 Å². The van der Waals surface area contributed by atoms with Crippen LogP contribution in [0.4, 0.5) is 0 Å². The number of benzene rings is 1. The molecule has 0 bridgehead atoms. The molecule has 1 saturated carbocycles. The summed E-state index contributed by atoms with van der Waals surface area (Å²) in [5.41, 5.74) is 0.463. The Labute approximate surface area is 99.6 Å². The fourth-order valence-corrected chi connectivity index (χ4v) is 2.96. The van der Waals surface area contributed by atoms with Gasteiger partial charge in [0, 0.05) is 4.47 Å². The Bertz CT molecular complexity index is 350. The van der Waals surface area contributed by atoms with Crippen molar-refractivity contribution in [1.82, 2.24) is 0 Å². The van der Waals surface area contributed by atoms with Crippen LogP contribution in [0.3, 0.4) is 0 Å². The van der Waals surface area contributed by atoms with Crippen LogP contribution in [0, 0.1) is 5.92 Å². The molecule has 15 heavy (non-hydrogen) atoms. The second kappa shape index (κ2) is 4.26. The molecule has 1 fully saturated rings. The Morgan fingerprint density at radius 1 is 1.47 bits per heavy atom. The minimum absolute atomic E-state index is 0.596. The molecule has 0 aliphatic heterocycles. The van der Waals surface area contributed by atoms with Gasteiger partial charge in [0.2, 0.25) is 0 Å². The van der Waals surface area contributed by atoms with Crippen LogP contribution >= 0.6 is 15.9 Å². The lowest BCUT2D eigenvalue weighted by Crippen LogP contribution is -2.31. The number of halogens is 1. The van der Waals surface area contributed by atoms with Crippen LogP contribution in [-0.2, 0) is 5.60 Å². The van der Waals surface area contributed by atoms with Gasteiger partial charge in [-0.2, -0.15) is 0 Å². The predicted molar refractivity (Wildman–Crippen MR) is 65.7 cm³/mol. The zero-order chi connectivity index (χ0) is 10.9. The van der Waals surface area contributed by atoms with Gasteiger partial charge in [0.15, 0.2) is 0 Å². The van der Waals surface area contributed by atoms with Gasteiger partial charge in [-0.25, -0.2) is 0 Å². The average Bonchev–Trinajstić information content (AvgIpc) is 2.17. The smallest absolute Gasteiger partial charge is 0.0899 e. The van der Waals surface area contributed by atoms with Gasteiger partial charge >= 0.3 is 0 Å². The highest BCUT2D eigenvalue weighted by atomic mass is 79.9. The van der Waals surface area contributed by atoms with E-state index in [0.29, 0.717) is 5.92 Å². The van der Waals surface area contributed by atoms with E-state index < -0.39 is 5.60 Å². The summed E-state index contributed by atoms with van der Waals surface area (Å²) < 4.78 is 1.05. The average molecular weight is 269 g/mol. The summed E-state index contributed by atoms with van der Waals surface area (Å²) in [7, 11) is 0. The van der Waals surface area contributed by atoms with Gasteiger partial charge in [-0.3, -0.25) is 0 Å². The molecule has 0 aromatic heterocycles. The van der Waals surface area contributed by atoms with Gasteiger partial charge < -0.3 is 5.11 Å². The van der Waals surface area contributed by atoms with Gasteiger partial charge in [-0.15, -0.1) is 0 Å². The molecule has 2 unspecified atom stereocenters. The first kappa shape index (κ1) is 11.2. The van der Waals surface area contributed by atoms with E-state index >= 15 is 0 Å². The molecule has 2 rings (SSSR count). The van der Waals surface area contributed by atoms with Crippen molar-refractivity contribution in [3.05, 3.63) is 34.3 Å². The van der Waals surface area contributed by atoms with Crippen molar-refractivity contribution in [2.75, 3.05) is 0 Å². The fraction of sp³-hybridized carbons (Fsp3) is 0.538. The Kier molecular flexibility index (Phi) is 3.17. The Morgan fingerprint density at radius 2 is 2.27 bits per heavy atom. The van der Waals surface area contributed by atoms with E-state index in [1.54, 1.807) is 0 Å². The third-order valence-electron chi connectivity index (χ3n) is 3.34. The van der Waals surface area contributed by atoms with Crippen LogP contribution in [0.25, 0.3) is 0 Å². The maximum Gasteiger partial charge on any atom is 0.0899 e. The summed E-state index contributed by atoms with van der Waals surface area (Å²) in [5.74, 6) is 0.628. The molecule has 0 heterocycles. The second-order valence-corrected chi connectivity index (χ2v) is 5.66. The highest BCUT2D eigenvalue weighted by molar-refractivity contribution is 9.10. The minimum atomic E-state index is -0.596. The SMILES string of the molecule is CC1CCCC(O)(c2cccc(Br)c2)C1. The molecule has 1 aromatic rings. The lowest BCUT2D eigenvalue weighted by atomic mass is 9.75. The highest BCUT2D eigenvalue weighted by Gasteiger charge is 2.34. The molecule has 82 valence electrons. The summed E-state index contributed by atoms with van der Waals surface area (Å²) in [6.45, 7) is 2.22. The van der Waals surface area contributed by atoms with E-state index in [1.165, 1.54) is 6.42 Å². The maximum atomic E-state index is 10.6. The summed E-state index contributed by atoms with van der Waals surface area (Å²) in [6.07, 6.45) is 4.16. The normalized spacial score (nSPS) is 31.5. The maximum absolute atomic E-state index is 10.6. The van der Waals surface area contributed by atoms with Gasteiger partial charge in [-0.05, 0) is 42.9 Å². The number of hydrogen-bond donors (Lipinski definition) is 1. The summed E-state index contributed by atoms with van der Waals surface area (Å²) in [5, 5.41) is 10.6. The summed E-state index contributed by atoms with van der Waals surface area (Å²) in [4.78, 5) is 0. The van der Waals surface area contributed by atoms with Crippen LogP contribution in [0.1, 0.15) is 38.2 Å². The third kappa shape index (κ3) is 2.43. The van der Waals surface area contributed by atoms with E-state index in [9.17, 15) is 5.11 Å². The Balaban J connectivity index is 2.28. The van der Waals surface area contributed by atoms with Gasteiger partial charge in [0.05, 0.1) is 5.60 Å². The van der Waals surface area contributed by atoms with E-state index in [0.717, 1.165) is 29.3 Å². The van der Waals surface area contributed by atoms with Crippen LogP contribution in [0.5, 0.6) is 0 Å². The highest BCUT2D eigenvalue weighted by Crippen LogP contribution is 2.40. The van der Waals surface area contributed by atoms with Crippen molar-refractivity contribution < 1.29 is 5.11 Å². The molecule has 2 atom stereocenters. The van der Waals surface area contributed by atoms with E-state index in [4.69, 9.17) is 0 Å². The molecule has 0 amide bonds. The van der Waals surface area contributed by atoms with Crippen molar-refractivity contribution in [2.45, 2.75) is 38.2 Å². The zero-order valence-corrected chi connectivity index (χ0v) is 10.6. The summed E-state index contributed by atoms with van der Waals surface area (Å²) >= 11 is 3.46. The second-order valence-electron chi connectivity index (χ2n) is 4.74. The van der Waals surface area contributed by atoms with E-state index in [1.807, 2.05) is 24.3 Å².